The Hall–Kier alpha value is -1.32. The number of rotatable bonds is 2. The molecular weight excluding hydrogens is 338 g/mol. The second kappa shape index (κ2) is 6.63. The van der Waals surface area contributed by atoms with Gasteiger partial charge < -0.3 is 10.1 Å². The molecule has 3 saturated carbocycles. The summed E-state index contributed by atoms with van der Waals surface area (Å²) in [6, 6.07) is 0. The Morgan fingerprint density at radius 3 is 2.56 bits per heavy atom. The fraction of sp³-hybridized carbons (Fsp3) is 0.826. The van der Waals surface area contributed by atoms with E-state index in [0.717, 1.165) is 31.1 Å². The van der Waals surface area contributed by atoms with Crippen LogP contribution in [0.15, 0.2) is 11.8 Å². The third-order valence-electron chi connectivity index (χ3n) is 8.84. The van der Waals surface area contributed by atoms with Gasteiger partial charge in [0.05, 0.1) is 0 Å². The molecule has 0 aromatic heterocycles. The molecule has 0 unspecified atom stereocenters. The zero-order valence-corrected chi connectivity index (χ0v) is 17.3. The zero-order chi connectivity index (χ0) is 19.4. The Kier molecular flexibility index (Phi) is 4.67. The normalized spacial score (nSPS) is 45.8. The number of carbonyl (C=O) groups is 2. The van der Waals surface area contributed by atoms with Crippen LogP contribution in [0.3, 0.4) is 0 Å². The van der Waals surface area contributed by atoms with Gasteiger partial charge in [-0.15, -0.1) is 0 Å². The van der Waals surface area contributed by atoms with Crippen LogP contribution in [0.1, 0.15) is 79.1 Å². The second-order valence-electron chi connectivity index (χ2n) is 10.2. The molecule has 0 aromatic rings. The summed E-state index contributed by atoms with van der Waals surface area (Å²) in [7, 11) is 0. The topological polar surface area (TPSA) is 55.4 Å². The average molecular weight is 374 g/mol. The van der Waals surface area contributed by atoms with E-state index in [4.69, 9.17) is 4.74 Å². The second-order valence-corrected chi connectivity index (χ2v) is 10.2. The largest absolute Gasteiger partial charge is 0.463 e. The van der Waals surface area contributed by atoms with E-state index >= 15 is 0 Å². The van der Waals surface area contributed by atoms with Crippen LogP contribution in [0.5, 0.6) is 0 Å². The molecule has 0 spiro atoms. The maximum Gasteiger partial charge on any atom is 0.302 e. The van der Waals surface area contributed by atoms with Gasteiger partial charge in [-0.2, -0.15) is 0 Å². The van der Waals surface area contributed by atoms with Crippen molar-refractivity contribution in [3.8, 4) is 0 Å². The van der Waals surface area contributed by atoms with E-state index in [1.165, 1.54) is 44.7 Å². The molecule has 150 valence electrons. The van der Waals surface area contributed by atoms with Crippen molar-refractivity contribution in [2.45, 2.75) is 85.2 Å². The van der Waals surface area contributed by atoms with Crippen molar-refractivity contribution in [2.24, 2.45) is 34.5 Å². The number of nitrogens with one attached hydrogen (secondary N) is 1. The SMILES string of the molecule is CC(=O)NC1=CC[C@H]2[C@@H]3CC[C@H]4C[C@H](OC(C)=O)CC[C@]4(C)[C@H]3CC[C@@]12C. The van der Waals surface area contributed by atoms with Gasteiger partial charge in [0.25, 0.3) is 0 Å². The van der Waals surface area contributed by atoms with Gasteiger partial charge >= 0.3 is 5.97 Å². The molecule has 0 saturated heterocycles. The fourth-order valence-corrected chi connectivity index (χ4v) is 7.51. The smallest absolute Gasteiger partial charge is 0.302 e. The first-order valence-electron chi connectivity index (χ1n) is 10.9. The third kappa shape index (κ3) is 3.03. The number of esters is 1. The Bertz CT molecular complexity index is 671. The molecular formula is C23H35NO3. The first-order chi connectivity index (χ1) is 12.7. The monoisotopic (exact) mass is 373 g/mol. The van der Waals surface area contributed by atoms with Crippen molar-refractivity contribution in [1.82, 2.24) is 5.32 Å². The van der Waals surface area contributed by atoms with Crippen LogP contribution in [0, 0.1) is 34.5 Å². The Morgan fingerprint density at radius 2 is 1.85 bits per heavy atom. The van der Waals surface area contributed by atoms with E-state index in [9.17, 15) is 9.59 Å². The molecule has 4 aliphatic rings. The predicted octanol–water partition coefficient (Wildman–Crippen LogP) is 4.59. The highest BCUT2D eigenvalue weighted by atomic mass is 16.5. The molecule has 3 fully saturated rings. The van der Waals surface area contributed by atoms with Gasteiger partial charge in [0.1, 0.15) is 6.10 Å². The Balaban J connectivity index is 1.51. The number of fused-ring (bicyclic) bond motifs is 5. The van der Waals surface area contributed by atoms with E-state index in [1.807, 2.05) is 0 Å². The lowest BCUT2D eigenvalue weighted by molar-refractivity contribution is -0.158. The van der Waals surface area contributed by atoms with Crippen molar-refractivity contribution in [3.63, 3.8) is 0 Å². The van der Waals surface area contributed by atoms with Crippen LogP contribution in [-0.4, -0.2) is 18.0 Å². The number of hydrogen-bond donors (Lipinski definition) is 1. The maximum atomic E-state index is 11.7. The van der Waals surface area contributed by atoms with Crippen LogP contribution < -0.4 is 5.32 Å². The lowest BCUT2D eigenvalue weighted by atomic mass is 9.45. The fourth-order valence-electron chi connectivity index (χ4n) is 7.51. The molecule has 0 aromatic carbocycles. The molecule has 1 amide bonds. The van der Waals surface area contributed by atoms with Gasteiger partial charge in [-0.05, 0) is 80.5 Å². The van der Waals surface area contributed by atoms with Gasteiger partial charge in [0.15, 0.2) is 0 Å². The summed E-state index contributed by atoms with van der Waals surface area (Å²) >= 11 is 0. The van der Waals surface area contributed by atoms with Gasteiger partial charge in [-0.1, -0.05) is 19.9 Å². The van der Waals surface area contributed by atoms with Gasteiger partial charge in [0, 0.05) is 25.0 Å². The van der Waals surface area contributed by atoms with Crippen molar-refractivity contribution < 1.29 is 14.3 Å². The van der Waals surface area contributed by atoms with Crippen molar-refractivity contribution in [1.29, 1.82) is 0 Å². The van der Waals surface area contributed by atoms with Crippen molar-refractivity contribution >= 4 is 11.9 Å². The predicted molar refractivity (Wildman–Crippen MR) is 105 cm³/mol. The van der Waals surface area contributed by atoms with E-state index < -0.39 is 0 Å². The van der Waals surface area contributed by atoms with Gasteiger partial charge in [-0.3, -0.25) is 9.59 Å². The first-order valence-corrected chi connectivity index (χ1v) is 10.9. The lowest BCUT2D eigenvalue weighted by Gasteiger charge is -2.60. The van der Waals surface area contributed by atoms with Crippen LogP contribution in [0.25, 0.3) is 0 Å². The number of hydrogen-bond acceptors (Lipinski definition) is 3. The minimum absolute atomic E-state index is 0.0599. The van der Waals surface area contributed by atoms with E-state index in [-0.39, 0.29) is 23.4 Å². The minimum Gasteiger partial charge on any atom is -0.463 e. The molecule has 4 heteroatoms. The van der Waals surface area contributed by atoms with Crippen LogP contribution >= 0.6 is 0 Å². The minimum atomic E-state index is -0.131. The van der Waals surface area contributed by atoms with Gasteiger partial charge in [0.2, 0.25) is 5.91 Å². The summed E-state index contributed by atoms with van der Waals surface area (Å²) in [5, 5.41) is 3.14. The average Bonchev–Trinajstić information content (AvgIpc) is 2.91. The Morgan fingerprint density at radius 1 is 1.07 bits per heavy atom. The summed E-state index contributed by atoms with van der Waals surface area (Å²) in [5.41, 5.74) is 1.71. The molecule has 1 N–H and O–H groups in total. The van der Waals surface area contributed by atoms with Crippen molar-refractivity contribution in [2.75, 3.05) is 0 Å². The van der Waals surface area contributed by atoms with Crippen LogP contribution in [0.2, 0.25) is 0 Å². The number of ether oxygens (including phenoxy) is 1. The first kappa shape index (κ1) is 19.0. The third-order valence-corrected chi connectivity index (χ3v) is 8.84. The molecule has 4 aliphatic carbocycles. The summed E-state index contributed by atoms with van der Waals surface area (Å²) in [6.07, 6.45) is 11.8. The van der Waals surface area contributed by atoms with E-state index in [0.29, 0.717) is 17.3 Å². The highest BCUT2D eigenvalue weighted by Gasteiger charge is 2.58. The Labute approximate surface area is 163 Å². The summed E-state index contributed by atoms with van der Waals surface area (Å²) in [5.74, 6) is 2.82. The standard InChI is InChI=1S/C23H35NO3/c1-14(25)24-21-8-7-19-18-6-5-16-13-17(27-15(2)26)9-11-22(16,3)20(18)10-12-23(19,21)4/h8,16-20H,5-7,9-13H2,1-4H3,(H,24,25)/t16-,17+,18-,19-,20-,22-,23+/m0/s1. The molecule has 0 heterocycles. The quantitative estimate of drug-likeness (QED) is 0.720. The highest BCUT2D eigenvalue weighted by Crippen LogP contribution is 2.66. The van der Waals surface area contributed by atoms with Crippen LogP contribution in [-0.2, 0) is 14.3 Å². The molecule has 27 heavy (non-hydrogen) atoms. The number of carbonyl (C=O) groups excluding carboxylic acids is 2. The molecule has 0 bridgehead atoms. The van der Waals surface area contributed by atoms with Crippen LogP contribution in [0.4, 0.5) is 0 Å². The maximum absolute atomic E-state index is 11.7. The van der Waals surface area contributed by atoms with E-state index in [2.05, 4.69) is 25.2 Å². The molecule has 7 atom stereocenters. The summed E-state index contributed by atoms with van der Waals surface area (Å²) < 4.78 is 5.57. The highest BCUT2D eigenvalue weighted by molar-refractivity contribution is 5.75. The molecule has 0 radical (unpaired) electrons. The van der Waals surface area contributed by atoms with Crippen molar-refractivity contribution in [3.05, 3.63) is 11.8 Å². The van der Waals surface area contributed by atoms with Gasteiger partial charge in [-0.25, -0.2) is 0 Å². The number of allylic oxidation sites excluding steroid dienone is 2. The zero-order valence-electron chi connectivity index (χ0n) is 17.3. The lowest BCUT2D eigenvalue weighted by Crippen LogP contribution is -2.54. The number of amides is 1. The van der Waals surface area contributed by atoms with E-state index in [1.54, 1.807) is 6.92 Å². The molecule has 4 rings (SSSR count). The molecule has 0 aliphatic heterocycles. The summed E-state index contributed by atoms with van der Waals surface area (Å²) in [6.45, 7) is 8.07. The summed E-state index contributed by atoms with van der Waals surface area (Å²) in [4.78, 5) is 23.0. The molecule has 4 nitrogen and oxygen atoms in total.